The van der Waals surface area contributed by atoms with Crippen LogP contribution in [0.4, 0.5) is 5.82 Å². The molecule has 0 bridgehead atoms. The standard InChI is InChI=1S/C16H23N5O/c1-12-10-15-16(17-5-7-21(15)19-12)18-13-2-6-20(11-13)14-3-8-22-9-4-14/h5,7,10,13-14H,2-4,6,8-9,11H2,1H3,(H,17,18). The van der Waals surface area contributed by atoms with Crippen LogP contribution in [0, 0.1) is 6.92 Å². The fourth-order valence-corrected chi connectivity index (χ4v) is 3.64. The molecule has 2 saturated heterocycles. The van der Waals surface area contributed by atoms with E-state index in [1.54, 1.807) is 0 Å². The van der Waals surface area contributed by atoms with Gasteiger partial charge in [0.05, 0.1) is 5.69 Å². The second kappa shape index (κ2) is 5.85. The predicted molar refractivity (Wildman–Crippen MR) is 85.2 cm³/mol. The number of rotatable bonds is 3. The molecule has 4 rings (SSSR count). The Hall–Kier alpha value is -1.66. The van der Waals surface area contributed by atoms with Gasteiger partial charge >= 0.3 is 0 Å². The summed E-state index contributed by atoms with van der Waals surface area (Å²) < 4.78 is 7.37. The van der Waals surface area contributed by atoms with Crippen molar-refractivity contribution >= 4 is 11.3 Å². The van der Waals surface area contributed by atoms with E-state index in [1.165, 1.54) is 25.8 Å². The van der Waals surface area contributed by atoms with Gasteiger partial charge in [0.2, 0.25) is 0 Å². The van der Waals surface area contributed by atoms with E-state index in [9.17, 15) is 0 Å². The summed E-state index contributed by atoms with van der Waals surface area (Å²) in [6.45, 7) is 6.11. The highest BCUT2D eigenvalue weighted by molar-refractivity contribution is 5.68. The van der Waals surface area contributed by atoms with Gasteiger partial charge in [0.15, 0.2) is 5.82 Å². The number of ether oxygens (including phenoxy) is 1. The van der Waals surface area contributed by atoms with E-state index < -0.39 is 0 Å². The normalized spacial score (nSPS) is 24.1. The van der Waals surface area contributed by atoms with Crippen LogP contribution in [0.5, 0.6) is 0 Å². The fraction of sp³-hybridized carbons (Fsp3) is 0.625. The van der Waals surface area contributed by atoms with Gasteiger partial charge in [0.1, 0.15) is 5.52 Å². The zero-order valence-electron chi connectivity index (χ0n) is 13.0. The van der Waals surface area contributed by atoms with Crippen LogP contribution in [0.3, 0.4) is 0 Å². The molecule has 0 aliphatic carbocycles. The van der Waals surface area contributed by atoms with E-state index in [2.05, 4.69) is 26.4 Å². The summed E-state index contributed by atoms with van der Waals surface area (Å²) in [5.41, 5.74) is 2.08. The lowest BCUT2D eigenvalue weighted by molar-refractivity contribution is 0.0421. The molecule has 0 saturated carbocycles. The average Bonchev–Trinajstić information content (AvgIpc) is 3.14. The quantitative estimate of drug-likeness (QED) is 0.935. The van der Waals surface area contributed by atoms with Crippen LogP contribution in [0.15, 0.2) is 18.5 Å². The van der Waals surface area contributed by atoms with E-state index in [1.807, 2.05) is 23.8 Å². The minimum Gasteiger partial charge on any atom is -0.381 e. The minimum atomic E-state index is 0.469. The van der Waals surface area contributed by atoms with E-state index in [0.29, 0.717) is 12.1 Å². The van der Waals surface area contributed by atoms with Gasteiger partial charge in [-0.2, -0.15) is 5.10 Å². The van der Waals surface area contributed by atoms with Crippen molar-refractivity contribution in [2.75, 3.05) is 31.6 Å². The molecular weight excluding hydrogens is 278 g/mol. The van der Waals surface area contributed by atoms with E-state index in [0.717, 1.165) is 36.8 Å². The third kappa shape index (κ3) is 2.68. The van der Waals surface area contributed by atoms with Crippen molar-refractivity contribution in [2.24, 2.45) is 0 Å². The van der Waals surface area contributed by atoms with E-state index >= 15 is 0 Å². The molecule has 6 heteroatoms. The molecule has 4 heterocycles. The topological polar surface area (TPSA) is 54.7 Å². The van der Waals surface area contributed by atoms with Gasteiger partial charge in [-0.05, 0) is 32.3 Å². The van der Waals surface area contributed by atoms with Crippen LogP contribution in [0.2, 0.25) is 0 Å². The summed E-state index contributed by atoms with van der Waals surface area (Å²) in [6, 6.07) is 3.25. The lowest BCUT2D eigenvalue weighted by atomic mass is 10.1. The maximum absolute atomic E-state index is 5.47. The number of likely N-dealkylation sites (tertiary alicyclic amines) is 1. The SMILES string of the molecule is Cc1cc2c(NC3CCN(C4CCOCC4)C3)nccn2n1. The summed E-state index contributed by atoms with van der Waals surface area (Å²) in [6.07, 6.45) is 7.22. The van der Waals surface area contributed by atoms with Crippen molar-refractivity contribution in [3.8, 4) is 0 Å². The summed E-state index contributed by atoms with van der Waals surface area (Å²) in [5.74, 6) is 0.946. The Labute approximate surface area is 130 Å². The molecule has 2 aromatic heterocycles. The van der Waals surface area contributed by atoms with Crippen molar-refractivity contribution in [2.45, 2.75) is 38.3 Å². The van der Waals surface area contributed by atoms with Gasteiger partial charge in [-0.1, -0.05) is 0 Å². The van der Waals surface area contributed by atoms with Gasteiger partial charge in [0.25, 0.3) is 0 Å². The van der Waals surface area contributed by atoms with Gasteiger partial charge in [-0.15, -0.1) is 0 Å². The largest absolute Gasteiger partial charge is 0.381 e. The number of hydrogen-bond donors (Lipinski definition) is 1. The van der Waals surface area contributed by atoms with Crippen LogP contribution in [-0.2, 0) is 4.74 Å². The molecule has 0 spiro atoms. The molecule has 0 amide bonds. The first kappa shape index (κ1) is 14.0. The number of nitrogens with zero attached hydrogens (tertiary/aromatic N) is 4. The molecule has 6 nitrogen and oxygen atoms in total. The summed E-state index contributed by atoms with van der Waals surface area (Å²) in [7, 11) is 0. The van der Waals surface area contributed by atoms with Crippen LogP contribution < -0.4 is 5.32 Å². The zero-order valence-corrected chi connectivity index (χ0v) is 13.0. The molecule has 2 fully saturated rings. The van der Waals surface area contributed by atoms with Gasteiger partial charge in [-0.3, -0.25) is 4.90 Å². The molecule has 1 unspecified atom stereocenters. The first-order valence-corrected chi connectivity index (χ1v) is 8.19. The Kier molecular flexibility index (Phi) is 3.72. The third-order valence-corrected chi connectivity index (χ3v) is 4.78. The Bertz CT molecular complexity index is 649. The monoisotopic (exact) mass is 301 g/mol. The number of nitrogens with one attached hydrogen (secondary N) is 1. The first-order valence-electron chi connectivity index (χ1n) is 8.19. The van der Waals surface area contributed by atoms with Crippen LogP contribution >= 0.6 is 0 Å². The van der Waals surface area contributed by atoms with Crippen molar-refractivity contribution in [1.29, 1.82) is 0 Å². The third-order valence-electron chi connectivity index (χ3n) is 4.78. The lowest BCUT2D eigenvalue weighted by Gasteiger charge is -2.31. The number of aromatic nitrogens is 3. The fourth-order valence-electron chi connectivity index (χ4n) is 3.64. The Balaban J connectivity index is 1.45. The molecule has 118 valence electrons. The molecule has 2 aromatic rings. The van der Waals surface area contributed by atoms with Crippen LogP contribution in [0.25, 0.3) is 5.52 Å². The van der Waals surface area contributed by atoms with Gasteiger partial charge in [0, 0.05) is 50.8 Å². The van der Waals surface area contributed by atoms with Gasteiger partial charge in [-0.25, -0.2) is 9.50 Å². The number of aryl methyl sites for hydroxylation is 1. The van der Waals surface area contributed by atoms with E-state index in [-0.39, 0.29) is 0 Å². The second-order valence-electron chi connectivity index (χ2n) is 6.36. The summed E-state index contributed by atoms with van der Waals surface area (Å²) in [5, 5.41) is 8.07. The molecular formula is C16H23N5O. The van der Waals surface area contributed by atoms with Crippen LogP contribution in [-0.4, -0.2) is 57.9 Å². The summed E-state index contributed by atoms with van der Waals surface area (Å²) in [4.78, 5) is 7.12. The second-order valence-corrected chi connectivity index (χ2v) is 6.36. The van der Waals surface area contributed by atoms with Crippen molar-refractivity contribution in [3.05, 3.63) is 24.2 Å². The van der Waals surface area contributed by atoms with Gasteiger partial charge < -0.3 is 10.1 Å². The maximum Gasteiger partial charge on any atom is 0.152 e. The molecule has 2 aliphatic rings. The maximum atomic E-state index is 5.47. The van der Waals surface area contributed by atoms with Crippen molar-refractivity contribution in [3.63, 3.8) is 0 Å². The Morgan fingerprint density at radius 1 is 1.27 bits per heavy atom. The highest BCUT2D eigenvalue weighted by Crippen LogP contribution is 2.23. The van der Waals surface area contributed by atoms with Crippen LogP contribution in [0.1, 0.15) is 25.0 Å². The highest BCUT2D eigenvalue weighted by Gasteiger charge is 2.29. The number of anilines is 1. The molecule has 1 atom stereocenters. The number of fused-ring (bicyclic) bond motifs is 1. The summed E-state index contributed by atoms with van der Waals surface area (Å²) >= 11 is 0. The zero-order chi connectivity index (χ0) is 14.9. The smallest absolute Gasteiger partial charge is 0.152 e. The van der Waals surface area contributed by atoms with Crippen molar-refractivity contribution < 1.29 is 4.74 Å². The first-order chi connectivity index (χ1) is 10.8. The lowest BCUT2D eigenvalue weighted by Crippen LogP contribution is -2.39. The van der Waals surface area contributed by atoms with Crippen molar-refractivity contribution in [1.82, 2.24) is 19.5 Å². The predicted octanol–water partition coefficient (Wildman–Crippen LogP) is 1.70. The molecule has 0 radical (unpaired) electrons. The average molecular weight is 301 g/mol. The van der Waals surface area contributed by atoms with E-state index in [4.69, 9.17) is 4.74 Å². The number of hydrogen-bond acceptors (Lipinski definition) is 5. The minimum absolute atomic E-state index is 0.469. The Morgan fingerprint density at radius 2 is 2.14 bits per heavy atom. The highest BCUT2D eigenvalue weighted by atomic mass is 16.5. The molecule has 22 heavy (non-hydrogen) atoms. The molecule has 0 aromatic carbocycles. The Morgan fingerprint density at radius 3 is 3.00 bits per heavy atom. The molecule has 2 aliphatic heterocycles. The molecule has 1 N–H and O–H groups in total.